The Kier molecular flexibility index (Phi) is 5.04. The molecule has 3 aromatic rings. The van der Waals surface area contributed by atoms with Crippen molar-refractivity contribution in [3.63, 3.8) is 0 Å². The number of nitrogens with zero attached hydrogens (tertiary/aromatic N) is 5. The minimum Gasteiger partial charge on any atom is -0.303 e. The van der Waals surface area contributed by atoms with Crippen LogP contribution in [-0.4, -0.2) is 37.1 Å². The van der Waals surface area contributed by atoms with E-state index < -0.39 is 0 Å². The van der Waals surface area contributed by atoms with Crippen LogP contribution in [0.15, 0.2) is 40.5 Å². The van der Waals surface area contributed by atoms with Gasteiger partial charge < -0.3 is 5.32 Å². The van der Waals surface area contributed by atoms with Crippen LogP contribution in [0.4, 0.5) is 0 Å². The second kappa shape index (κ2) is 7.61. The number of amides is 1. The molecule has 0 aliphatic carbocycles. The molecule has 1 saturated heterocycles. The zero-order valence-electron chi connectivity index (χ0n) is 14.9. The van der Waals surface area contributed by atoms with Crippen molar-refractivity contribution in [3.05, 3.63) is 41.0 Å². The summed E-state index contributed by atoms with van der Waals surface area (Å²) in [6.07, 6.45) is 3.27. The molecule has 0 bridgehead atoms. The molecule has 4 rings (SSSR count). The number of hydrogen-bond donors (Lipinski definition) is 1. The molecule has 3 heterocycles. The van der Waals surface area contributed by atoms with Gasteiger partial charge in [-0.3, -0.25) is 4.79 Å². The zero-order chi connectivity index (χ0) is 18.8. The molecule has 1 N–H and O–H groups in total. The topological polar surface area (TPSA) is 84.0 Å². The Bertz CT molecular complexity index is 1040. The number of imidazole rings is 1. The van der Waals surface area contributed by atoms with Crippen LogP contribution in [0.2, 0.25) is 0 Å². The molecule has 1 unspecified atom stereocenters. The first-order valence-electron chi connectivity index (χ1n) is 8.72. The van der Waals surface area contributed by atoms with E-state index in [0.717, 1.165) is 39.8 Å². The number of fused-ring (bicyclic) bond motifs is 1. The van der Waals surface area contributed by atoms with Gasteiger partial charge in [0.05, 0.1) is 11.5 Å². The lowest BCUT2D eigenvalue weighted by Gasteiger charge is -1.98. The van der Waals surface area contributed by atoms with Crippen molar-refractivity contribution in [1.82, 2.24) is 19.9 Å². The number of amidine groups is 1. The lowest BCUT2D eigenvalue weighted by molar-refractivity contribution is -0.118. The predicted molar refractivity (Wildman–Crippen MR) is 111 cm³/mol. The summed E-state index contributed by atoms with van der Waals surface area (Å²) in [5, 5.41) is 17.2. The number of rotatable bonds is 5. The molecule has 138 valence electrons. The molecule has 27 heavy (non-hydrogen) atoms. The second-order valence-electron chi connectivity index (χ2n) is 5.91. The highest BCUT2D eigenvalue weighted by Gasteiger charge is 2.28. The van der Waals surface area contributed by atoms with Gasteiger partial charge in [0, 0.05) is 5.56 Å². The number of carbonyl (C=O) groups is 1. The van der Waals surface area contributed by atoms with Gasteiger partial charge in [-0.25, -0.2) is 9.50 Å². The Morgan fingerprint density at radius 2 is 2.11 bits per heavy atom. The molecule has 1 aliphatic heterocycles. The Morgan fingerprint density at radius 1 is 1.30 bits per heavy atom. The summed E-state index contributed by atoms with van der Waals surface area (Å²) < 4.78 is 1.81. The number of benzene rings is 1. The van der Waals surface area contributed by atoms with Crippen molar-refractivity contribution < 1.29 is 4.79 Å². The van der Waals surface area contributed by atoms with Gasteiger partial charge in [0.15, 0.2) is 5.17 Å². The van der Waals surface area contributed by atoms with Crippen molar-refractivity contribution in [2.24, 2.45) is 10.2 Å². The van der Waals surface area contributed by atoms with Crippen LogP contribution in [0, 0.1) is 0 Å². The van der Waals surface area contributed by atoms with E-state index in [0.29, 0.717) is 5.17 Å². The lowest BCUT2D eigenvalue weighted by Crippen LogP contribution is -2.24. The molecular weight excluding hydrogens is 380 g/mol. The summed E-state index contributed by atoms with van der Waals surface area (Å²) in [5.41, 5.74) is 2.59. The minimum absolute atomic E-state index is 0.0137. The number of nitrogens with one attached hydrogen (secondary N) is 1. The van der Waals surface area contributed by atoms with E-state index in [1.54, 1.807) is 17.6 Å². The van der Waals surface area contributed by atoms with Crippen molar-refractivity contribution in [1.29, 1.82) is 0 Å². The minimum atomic E-state index is -0.0915. The SMILES string of the molecule is CCc1nn2c(/C=N/N=C3/NC(=O)C(CC)S3)c(-c3ccccc3)nc2s1. The molecule has 2 aromatic heterocycles. The summed E-state index contributed by atoms with van der Waals surface area (Å²) in [7, 11) is 0. The number of aryl methyl sites for hydroxylation is 1. The largest absolute Gasteiger partial charge is 0.303 e. The van der Waals surface area contributed by atoms with Crippen LogP contribution in [0.5, 0.6) is 0 Å². The van der Waals surface area contributed by atoms with Crippen molar-refractivity contribution in [2.45, 2.75) is 31.9 Å². The number of hydrogen-bond acceptors (Lipinski definition) is 7. The van der Waals surface area contributed by atoms with Gasteiger partial charge in [0.25, 0.3) is 0 Å². The molecule has 1 aromatic carbocycles. The summed E-state index contributed by atoms with van der Waals surface area (Å²) in [4.78, 5) is 17.3. The zero-order valence-corrected chi connectivity index (χ0v) is 16.5. The lowest BCUT2D eigenvalue weighted by atomic mass is 10.1. The molecule has 0 saturated carbocycles. The molecule has 1 fully saturated rings. The number of carbonyl (C=O) groups excluding carboxylic acids is 1. The third-order valence-corrected chi connectivity index (χ3v) is 6.40. The Balaban J connectivity index is 1.71. The van der Waals surface area contributed by atoms with E-state index in [9.17, 15) is 4.79 Å². The summed E-state index contributed by atoms with van der Waals surface area (Å²) in [6, 6.07) is 9.94. The van der Waals surface area contributed by atoms with Crippen molar-refractivity contribution >= 4 is 45.3 Å². The fourth-order valence-corrected chi connectivity index (χ4v) is 4.42. The van der Waals surface area contributed by atoms with Gasteiger partial charge in [-0.15, -0.1) is 5.10 Å². The molecule has 0 spiro atoms. The van der Waals surface area contributed by atoms with E-state index in [2.05, 4.69) is 27.5 Å². The third kappa shape index (κ3) is 3.52. The summed E-state index contributed by atoms with van der Waals surface area (Å²) in [6.45, 7) is 4.05. The van der Waals surface area contributed by atoms with Gasteiger partial charge in [-0.05, 0) is 12.8 Å². The number of thioether (sulfide) groups is 1. The van der Waals surface area contributed by atoms with Crippen molar-refractivity contribution in [2.75, 3.05) is 0 Å². The van der Waals surface area contributed by atoms with Crippen LogP contribution >= 0.6 is 23.1 Å². The summed E-state index contributed by atoms with van der Waals surface area (Å²) >= 11 is 2.98. The first-order chi connectivity index (χ1) is 13.2. The van der Waals surface area contributed by atoms with E-state index in [4.69, 9.17) is 4.98 Å². The molecule has 9 heteroatoms. The Hall–Kier alpha value is -2.52. The van der Waals surface area contributed by atoms with Crippen LogP contribution in [0.3, 0.4) is 0 Å². The van der Waals surface area contributed by atoms with Crippen LogP contribution < -0.4 is 5.32 Å². The van der Waals surface area contributed by atoms with Gasteiger partial charge in [-0.1, -0.05) is 67.3 Å². The van der Waals surface area contributed by atoms with Gasteiger partial charge in [0.1, 0.15) is 16.4 Å². The first kappa shape index (κ1) is 17.9. The van der Waals surface area contributed by atoms with E-state index in [1.807, 2.05) is 41.8 Å². The average Bonchev–Trinajstić information content (AvgIpc) is 3.35. The molecule has 0 radical (unpaired) electrons. The second-order valence-corrected chi connectivity index (χ2v) is 8.14. The molecular formula is C18H18N6OS2. The smallest absolute Gasteiger partial charge is 0.239 e. The quantitative estimate of drug-likeness (QED) is 0.528. The fraction of sp³-hybridized carbons (Fsp3) is 0.278. The first-order valence-corrected chi connectivity index (χ1v) is 10.4. The van der Waals surface area contributed by atoms with E-state index in [-0.39, 0.29) is 11.2 Å². The molecule has 1 atom stereocenters. The monoisotopic (exact) mass is 398 g/mol. The molecule has 1 amide bonds. The van der Waals surface area contributed by atoms with Gasteiger partial charge in [0.2, 0.25) is 10.9 Å². The summed E-state index contributed by atoms with van der Waals surface area (Å²) in [5.74, 6) is -0.0137. The maximum Gasteiger partial charge on any atom is 0.239 e. The fourth-order valence-electron chi connectivity index (χ4n) is 2.73. The standard InChI is InChI=1S/C18H18N6OS2/c1-3-13-16(25)21-17(26-13)22-19-10-12-15(11-8-6-5-7-9-11)20-18-24(12)23-14(4-2)27-18/h5-10,13H,3-4H2,1-2H3,(H,21,22,25)/b19-10+. The van der Waals surface area contributed by atoms with Gasteiger partial charge in [-0.2, -0.15) is 10.2 Å². The van der Waals surface area contributed by atoms with E-state index >= 15 is 0 Å². The molecule has 7 nitrogen and oxygen atoms in total. The predicted octanol–water partition coefficient (Wildman–Crippen LogP) is 3.35. The van der Waals surface area contributed by atoms with Crippen molar-refractivity contribution in [3.8, 4) is 11.3 Å². The Morgan fingerprint density at radius 3 is 2.81 bits per heavy atom. The van der Waals surface area contributed by atoms with Gasteiger partial charge >= 0.3 is 0 Å². The highest BCUT2D eigenvalue weighted by Crippen LogP contribution is 2.26. The number of aromatic nitrogens is 3. The molecule has 1 aliphatic rings. The van der Waals surface area contributed by atoms with Crippen LogP contribution in [-0.2, 0) is 11.2 Å². The average molecular weight is 399 g/mol. The normalized spacial score (nSPS) is 18.8. The third-order valence-electron chi connectivity index (χ3n) is 4.11. The highest BCUT2D eigenvalue weighted by molar-refractivity contribution is 8.15. The Labute approximate surface area is 164 Å². The highest BCUT2D eigenvalue weighted by atomic mass is 32.2. The van der Waals surface area contributed by atoms with Crippen LogP contribution in [0.1, 0.15) is 31.0 Å². The maximum atomic E-state index is 11.8. The van der Waals surface area contributed by atoms with E-state index in [1.165, 1.54) is 11.8 Å². The van der Waals surface area contributed by atoms with Crippen LogP contribution in [0.25, 0.3) is 16.2 Å². The maximum absolute atomic E-state index is 11.8.